The predicted molar refractivity (Wildman–Crippen MR) is 73.5 cm³/mol. The van der Waals surface area contributed by atoms with E-state index in [-0.39, 0.29) is 17.8 Å². The Balaban J connectivity index is 2.30. The van der Waals surface area contributed by atoms with Gasteiger partial charge in [-0.1, -0.05) is 12.1 Å². The van der Waals surface area contributed by atoms with Gasteiger partial charge in [-0.05, 0) is 24.6 Å². The summed E-state index contributed by atoms with van der Waals surface area (Å²) in [5, 5.41) is 20.9. The maximum atomic E-state index is 12.8. The molecule has 1 unspecified atom stereocenters. The van der Waals surface area contributed by atoms with Crippen molar-refractivity contribution in [3.63, 3.8) is 0 Å². The maximum Gasteiger partial charge on any atom is 0.288 e. The Morgan fingerprint density at radius 3 is 2.57 bits per heavy atom. The number of benzene rings is 1. The van der Waals surface area contributed by atoms with Gasteiger partial charge in [-0.2, -0.15) is 0 Å². The number of halogens is 1. The molecule has 0 saturated carbocycles. The number of hydrogen-bond donors (Lipinski definition) is 1. The van der Waals surface area contributed by atoms with Crippen molar-refractivity contribution in [3.05, 3.63) is 73.9 Å². The van der Waals surface area contributed by atoms with E-state index in [2.05, 4.69) is 0 Å². The van der Waals surface area contributed by atoms with Crippen molar-refractivity contribution < 1.29 is 14.4 Å². The smallest absolute Gasteiger partial charge is 0.288 e. The zero-order valence-electron chi connectivity index (χ0n) is 11.2. The third-order valence-corrected chi connectivity index (χ3v) is 3.13. The van der Waals surface area contributed by atoms with Crippen molar-refractivity contribution >= 4 is 5.69 Å². The van der Waals surface area contributed by atoms with Crippen LogP contribution in [0.25, 0.3) is 0 Å². The lowest BCUT2D eigenvalue weighted by Gasteiger charge is -2.13. The lowest BCUT2D eigenvalue weighted by atomic mass is 10.1. The van der Waals surface area contributed by atoms with Gasteiger partial charge in [-0.3, -0.25) is 14.9 Å². The van der Waals surface area contributed by atoms with Crippen molar-refractivity contribution in [1.82, 2.24) is 4.57 Å². The molecule has 1 heterocycles. The molecule has 0 aliphatic carbocycles. The Labute approximate surface area is 119 Å². The molecule has 0 amide bonds. The normalized spacial score (nSPS) is 12.1. The van der Waals surface area contributed by atoms with Crippen LogP contribution in [0, 0.1) is 22.9 Å². The molecule has 0 aliphatic rings. The minimum atomic E-state index is -1.06. The highest BCUT2D eigenvalue weighted by Gasteiger charge is 2.16. The topological polar surface area (TPSA) is 85.4 Å². The summed E-state index contributed by atoms with van der Waals surface area (Å²) in [6, 6.07) is 6.33. The summed E-state index contributed by atoms with van der Waals surface area (Å²) in [7, 11) is 0. The van der Waals surface area contributed by atoms with E-state index in [1.165, 1.54) is 31.2 Å². The van der Waals surface area contributed by atoms with E-state index in [9.17, 15) is 24.4 Å². The summed E-state index contributed by atoms with van der Waals surface area (Å²) in [6.45, 7) is 1.33. The summed E-state index contributed by atoms with van der Waals surface area (Å²) in [5.74, 6) is -0.436. The van der Waals surface area contributed by atoms with Crippen LogP contribution in [-0.4, -0.2) is 14.6 Å². The van der Waals surface area contributed by atoms with Gasteiger partial charge in [-0.25, -0.2) is 4.39 Å². The summed E-state index contributed by atoms with van der Waals surface area (Å²) in [5.41, 5.74) is 0.0456. The van der Waals surface area contributed by atoms with Gasteiger partial charge in [0, 0.05) is 11.6 Å². The van der Waals surface area contributed by atoms with E-state index in [1.807, 2.05) is 0 Å². The lowest BCUT2D eigenvalue weighted by Crippen LogP contribution is -2.23. The molecule has 0 bridgehead atoms. The van der Waals surface area contributed by atoms with E-state index >= 15 is 0 Å². The monoisotopic (exact) mass is 292 g/mol. The van der Waals surface area contributed by atoms with E-state index < -0.39 is 22.4 Å². The first kappa shape index (κ1) is 14.9. The maximum absolute atomic E-state index is 12.8. The molecule has 1 atom stereocenters. The van der Waals surface area contributed by atoms with Crippen LogP contribution in [0.1, 0.15) is 17.2 Å². The standard InChI is InChI=1S/C14H13FN2O4/c1-9-6-14(19)16(7-12(9)17(20)21)8-13(18)10-2-4-11(15)5-3-10/h2-7,13,18H,8H2,1H3. The summed E-state index contributed by atoms with van der Waals surface area (Å²) in [6.07, 6.45) is 0.0373. The predicted octanol–water partition coefficient (Wildman–Crippen LogP) is 1.94. The zero-order valence-corrected chi connectivity index (χ0v) is 11.2. The first-order chi connectivity index (χ1) is 9.88. The highest BCUT2D eigenvalue weighted by atomic mass is 19.1. The van der Waals surface area contributed by atoms with Crippen LogP contribution in [0.4, 0.5) is 10.1 Å². The second-order valence-electron chi connectivity index (χ2n) is 4.66. The number of aliphatic hydroxyl groups is 1. The van der Waals surface area contributed by atoms with Crippen LogP contribution in [0.3, 0.4) is 0 Å². The average Bonchev–Trinajstić information content (AvgIpc) is 2.42. The number of aryl methyl sites for hydroxylation is 1. The largest absolute Gasteiger partial charge is 0.387 e. The van der Waals surface area contributed by atoms with E-state index in [0.29, 0.717) is 5.56 Å². The van der Waals surface area contributed by atoms with Gasteiger partial charge < -0.3 is 9.67 Å². The fraction of sp³-hybridized carbons (Fsp3) is 0.214. The van der Waals surface area contributed by atoms with Gasteiger partial charge in [0.2, 0.25) is 0 Å². The SMILES string of the molecule is Cc1cc(=O)n(CC(O)c2ccc(F)cc2)cc1[N+](=O)[O-]. The first-order valence-electron chi connectivity index (χ1n) is 6.17. The van der Waals surface area contributed by atoms with Crippen LogP contribution in [0.15, 0.2) is 41.3 Å². The number of nitrogens with zero attached hydrogens (tertiary/aromatic N) is 2. The molecular formula is C14H13FN2O4. The van der Waals surface area contributed by atoms with E-state index in [0.717, 1.165) is 16.8 Å². The fourth-order valence-electron chi connectivity index (χ4n) is 1.97. The molecular weight excluding hydrogens is 279 g/mol. The Kier molecular flexibility index (Phi) is 4.13. The number of aliphatic hydroxyl groups excluding tert-OH is 1. The van der Waals surface area contributed by atoms with Gasteiger partial charge in [-0.15, -0.1) is 0 Å². The van der Waals surface area contributed by atoms with E-state index in [4.69, 9.17) is 0 Å². The van der Waals surface area contributed by atoms with Gasteiger partial charge in [0.05, 0.1) is 23.8 Å². The third kappa shape index (κ3) is 3.32. The molecule has 1 aromatic heterocycles. The Morgan fingerprint density at radius 1 is 1.38 bits per heavy atom. The van der Waals surface area contributed by atoms with Gasteiger partial charge in [0.25, 0.3) is 11.2 Å². The van der Waals surface area contributed by atoms with Crippen molar-refractivity contribution in [1.29, 1.82) is 0 Å². The van der Waals surface area contributed by atoms with Gasteiger partial charge >= 0.3 is 0 Å². The molecule has 21 heavy (non-hydrogen) atoms. The molecule has 0 aliphatic heterocycles. The summed E-state index contributed by atoms with van der Waals surface area (Å²) < 4.78 is 13.9. The van der Waals surface area contributed by atoms with Crippen LogP contribution in [-0.2, 0) is 6.54 Å². The van der Waals surface area contributed by atoms with E-state index in [1.54, 1.807) is 0 Å². The molecule has 0 saturated heterocycles. The lowest BCUT2D eigenvalue weighted by molar-refractivity contribution is -0.386. The minimum Gasteiger partial charge on any atom is -0.387 e. The number of nitro groups is 1. The van der Waals surface area contributed by atoms with Crippen LogP contribution in [0.5, 0.6) is 0 Å². The molecule has 0 fully saturated rings. The number of aromatic nitrogens is 1. The molecule has 1 N–H and O–H groups in total. The Bertz CT molecular complexity index is 725. The average molecular weight is 292 g/mol. The quantitative estimate of drug-likeness (QED) is 0.689. The molecule has 6 nitrogen and oxygen atoms in total. The molecule has 0 spiro atoms. The third-order valence-electron chi connectivity index (χ3n) is 3.13. The fourth-order valence-corrected chi connectivity index (χ4v) is 1.97. The van der Waals surface area contributed by atoms with Crippen molar-refractivity contribution in [2.24, 2.45) is 0 Å². The molecule has 7 heteroatoms. The molecule has 2 aromatic rings. The number of rotatable bonds is 4. The van der Waals surface area contributed by atoms with Gasteiger partial charge in [0.1, 0.15) is 5.82 Å². The van der Waals surface area contributed by atoms with Crippen molar-refractivity contribution in [3.8, 4) is 0 Å². The second kappa shape index (κ2) is 5.84. The molecule has 1 aromatic carbocycles. The molecule has 110 valence electrons. The summed E-state index contributed by atoms with van der Waals surface area (Å²) in [4.78, 5) is 22.1. The van der Waals surface area contributed by atoms with Crippen molar-refractivity contribution in [2.45, 2.75) is 19.6 Å². The summed E-state index contributed by atoms with van der Waals surface area (Å²) >= 11 is 0. The second-order valence-corrected chi connectivity index (χ2v) is 4.66. The number of hydrogen-bond acceptors (Lipinski definition) is 4. The highest BCUT2D eigenvalue weighted by Crippen LogP contribution is 2.18. The van der Waals surface area contributed by atoms with Crippen LogP contribution < -0.4 is 5.56 Å². The Hall–Kier alpha value is -2.54. The number of pyridine rings is 1. The van der Waals surface area contributed by atoms with Crippen LogP contribution >= 0.6 is 0 Å². The van der Waals surface area contributed by atoms with Gasteiger partial charge in [0.15, 0.2) is 0 Å². The highest BCUT2D eigenvalue weighted by molar-refractivity contribution is 5.35. The molecule has 2 rings (SSSR count). The first-order valence-corrected chi connectivity index (χ1v) is 6.17. The molecule has 0 radical (unpaired) electrons. The zero-order chi connectivity index (χ0) is 15.6. The van der Waals surface area contributed by atoms with Crippen LogP contribution in [0.2, 0.25) is 0 Å². The van der Waals surface area contributed by atoms with Crippen molar-refractivity contribution in [2.75, 3.05) is 0 Å². The Morgan fingerprint density at radius 2 is 2.00 bits per heavy atom. The minimum absolute atomic E-state index is 0.147.